The molecule has 2 amide bonds. The number of carboxylic acid groups (broad SMARTS) is 1. The van der Waals surface area contributed by atoms with Gasteiger partial charge >= 0.3 is 22.4 Å². The second-order valence-corrected chi connectivity index (χ2v) is 12.2. The van der Waals surface area contributed by atoms with Gasteiger partial charge in [-0.05, 0) is 44.2 Å². The predicted octanol–water partition coefficient (Wildman–Crippen LogP) is -0.417. The number of amidine groups is 1. The molecule has 0 spiro atoms. The molecule has 4 rings (SSSR count). The molecule has 4 atom stereocenters. The SMILES string of the molecule is C[C@H]1[C@H](NC(=O)/C(=N\O[C@@H](COc2ccc(C(N)=N[C@@H]3CCNC3)cc2)C(=O)O)c2nc(N)sc2C(F)(F)F)C(=O)N1S(=O)(=O)O. The molecule has 0 saturated carbocycles. The van der Waals surface area contributed by atoms with Crippen LogP contribution in [0.2, 0.25) is 0 Å². The topological polar surface area (TPSA) is 261 Å². The third kappa shape index (κ3) is 7.81. The minimum atomic E-state index is -5.10. The number of anilines is 1. The number of aromatic nitrogens is 1. The Morgan fingerprint density at radius 2 is 1.98 bits per heavy atom. The van der Waals surface area contributed by atoms with Crippen molar-refractivity contribution in [2.45, 2.75) is 43.8 Å². The van der Waals surface area contributed by atoms with Gasteiger partial charge in [-0.15, -0.1) is 0 Å². The first kappa shape index (κ1) is 34.3. The lowest BCUT2D eigenvalue weighted by Gasteiger charge is -2.42. The van der Waals surface area contributed by atoms with Crippen molar-refractivity contribution >= 4 is 56.1 Å². The zero-order valence-corrected chi connectivity index (χ0v) is 25.2. The Hall–Kier alpha value is -4.54. The summed E-state index contributed by atoms with van der Waals surface area (Å²) in [6, 6.07) is 3.15. The maximum absolute atomic E-state index is 13.7. The van der Waals surface area contributed by atoms with E-state index in [0.717, 1.165) is 19.9 Å². The van der Waals surface area contributed by atoms with Crippen LogP contribution in [-0.2, 0) is 35.7 Å². The molecule has 2 aliphatic heterocycles. The Labute approximate surface area is 262 Å². The summed E-state index contributed by atoms with van der Waals surface area (Å²) in [5, 5.41) is 17.5. The summed E-state index contributed by atoms with van der Waals surface area (Å²) in [7, 11) is -4.99. The number of ether oxygens (including phenoxy) is 1. The van der Waals surface area contributed by atoms with Crippen molar-refractivity contribution in [2.75, 3.05) is 25.4 Å². The molecular weight excluding hydrogens is 665 g/mol. The number of nitrogen functional groups attached to an aromatic ring is 1. The number of carbonyl (C=O) groups excluding carboxylic acids is 2. The Bertz CT molecular complexity index is 1660. The van der Waals surface area contributed by atoms with Gasteiger partial charge in [-0.25, -0.2) is 14.1 Å². The van der Waals surface area contributed by atoms with Crippen LogP contribution in [0.4, 0.5) is 18.3 Å². The van der Waals surface area contributed by atoms with Crippen molar-refractivity contribution in [3.63, 3.8) is 0 Å². The van der Waals surface area contributed by atoms with Gasteiger partial charge in [0, 0.05) is 12.1 Å². The van der Waals surface area contributed by atoms with Crippen LogP contribution < -0.4 is 26.8 Å². The molecule has 0 bridgehead atoms. The lowest BCUT2D eigenvalue weighted by Crippen LogP contribution is -2.71. The second kappa shape index (κ2) is 13.4. The molecule has 250 valence electrons. The Kier molecular flexibility index (Phi) is 10.0. The van der Waals surface area contributed by atoms with E-state index < -0.39 is 80.5 Å². The molecule has 17 nitrogen and oxygen atoms in total. The highest BCUT2D eigenvalue weighted by atomic mass is 32.2. The van der Waals surface area contributed by atoms with Crippen molar-refractivity contribution in [3.8, 4) is 5.75 Å². The monoisotopic (exact) mass is 692 g/mol. The molecule has 0 aliphatic carbocycles. The summed E-state index contributed by atoms with van der Waals surface area (Å²) in [6.07, 6.45) is -6.24. The standard InChI is InChI=1S/C24H27F3N8O9S2/c1-10-15(21(37)35(10)46(40,41)42)32-20(36)17(16-18(24(25,26)27)45-23(29)33-16)34-44-14(22(38)39)9-43-13-4-2-11(3-5-13)19(28)31-12-6-7-30-8-12/h2-5,10,12,14-15,30H,6-9H2,1H3,(H2,28,31)(H2,29,33)(H,32,36)(H,38,39)(H,40,41,42)/b34-17-/t10-,12+,14-,15-/m0/s1. The number of aliphatic carboxylic acids is 1. The van der Waals surface area contributed by atoms with E-state index >= 15 is 0 Å². The molecule has 22 heteroatoms. The first-order valence-electron chi connectivity index (χ1n) is 13.2. The van der Waals surface area contributed by atoms with Gasteiger partial charge in [-0.1, -0.05) is 16.5 Å². The number of carboxylic acids is 1. The fourth-order valence-corrected chi connectivity index (χ4v) is 5.96. The summed E-state index contributed by atoms with van der Waals surface area (Å²) in [5.41, 5.74) is 9.69. The number of carbonyl (C=O) groups is 3. The number of β-lactam (4-membered cyclic amide) rings is 1. The highest BCUT2D eigenvalue weighted by molar-refractivity contribution is 7.84. The van der Waals surface area contributed by atoms with Gasteiger partial charge in [0.05, 0.1) is 12.1 Å². The minimum absolute atomic E-state index is 0.0336. The summed E-state index contributed by atoms with van der Waals surface area (Å²) >= 11 is -0.0534. The molecule has 2 aromatic rings. The van der Waals surface area contributed by atoms with Crippen LogP contribution in [0.15, 0.2) is 34.4 Å². The number of halogens is 3. The van der Waals surface area contributed by atoms with E-state index in [9.17, 15) is 41.1 Å². The Morgan fingerprint density at radius 1 is 1.30 bits per heavy atom. The number of nitrogens with two attached hydrogens (primary N) is 2. The van der Waals surface area contributed by atoms with Crippen molar-refractivity contribution < 1.29 is 55.2 Å². The average Bonchev–Trinajstić information content (AvgIpc) is 3.62. The number of nitrogens with zero attached hydrogens (tertiary/aromatic N) is 4. The lowest BCUT2D eigenvalue weighted by molar-refractivity contribution is -0.152. The first-order chi connectivity index (χ1) is 21.5. The number of alkyl halides is 3. The molecule has 3 heterocycles. The van der Waals surface area contributed by atoms with E-state index in [4.69, 9.17) is 25.6 Å². The first-order valence-corrected chi connectivity index (χ1v) is 15.4. The third-order valence-corrected chi connectivity index (χ3v) is 8.60. The number of rotatable bonds is 12. The molecule has 2 fully saturated rings. The van der Waals surface area contributed by atoms with Gasteiger partial charge < -0.3 is 36.8 Å². The molecule has 8 N–H and O–H groups in total. The van der Waals surface area contributed by atoms with Crippen LogP contribution >= 0.6 is 11.3 Å². The zero-order valence-electron chi connectivity index (χ0n) is 23.6. The van der Waals surface area contributed by atoms with Crippen LogP contribution in [0.1, 0.15) is 29.5 Å². The second-order valence-electron chi connectivity index (χ2n) is 9.90. The number of oxime groups is 1. The molecule has 0 radical (unpaired) electrons. The molecule has 0 unspecified atom stereocenters. The van der Waals surface area contributed by atoms with E-state index in [-0.39, 0.29) is 33.3 Å². The van der Waals surface area contributed by atoms with Crippen molar-refractivity contribution in [1.82, 2.24) is 19.9 Å². The molecule has 46 heavy (non-hydrogen) atoms. The third-order valence-electron chi connectivity index (χ3n) is 6.67. The van der Waals surface area contributed by atoms with E-state index in [2.05, 4.69) is 20.4 Å². The number of nitrogens with one attached hydrogen (secondary N) is 2. The van der Waals surface area contributed by atoms with E-state index in [1.54, 1.807) is 12.1 Å². The fraction of sp³-hybridized carbons (Fsp3) is 0.417. The number of benzene rings is 1. The lowest BCUT2D eigenvalue weighted by atomic mass is 10.0. The van der Waals surface area contributed by atoms with Crippen LogP contribution in [-0.4, -0.2) is 101 Å². The number of hydrogen-bond donors (Lipinski definition) is 6. The smallest absolute Gasteiger partial charge is 0.427 e. The average molecular weight is 693 g/mol. The normalized spacial score (nSPS) is 21.5. The summed E-state index contributed by atoms with van der Waals surface area (Å²) < 4.78 is 78.6. The van der Waals surface area contributed by atoms with Gasteiger partial charge in [0.25, 0.3) is 17.9 Å². The zero-order chi connectivity index (χ0) is 34.0. The summed E-state index contributed by atoms with van der Waals surface area (Å²) in [4.78, 5) is 48.5. The number of amides is 2. The highest BCUT2D eigenvalue weighted by Gasteiger charge is 2.52. The Morgan fingerprint density at radius 3 is 2.52 bits per heavy atom. The maximum atomic E-state index is 13.7. The largest absolute Gasteiger partial charge is 0.489 e. The summed E-state index contributed by atoms with van der Waals surface area (Å²) in [6.45, 7) is 1.90. The van der Waals surface area contributed by atoms with Crippen LogP contribution in [0, 0.1) is 0 Å². The number of aliphatic imine (C=N–C) groups is 1. The number of hydrogen-bond acceptors (Lipinski definition) is 13. The van der Waals surface area contributed by atoms with Gasteiger partial charge in [-0.3, -0.25) is 19.1 Å². The van der Waals surface area contributed by atoms with E-state index in [1.807, 2.05) is 5.32 Å². The number of thiazole rings is 1. The van der Waals surface area contributed by atoms with E-state index in [0.29, 0.717) is 12.1 Å². The molecular formula is C24H27F3N8O9S2. The molecule has 1 aromatic carbocycles. The van der Waals surface area contributed by atoms with Crippen LogP contribution in [0.3, 0.4) is 0 Å². The highest BCUT2D eigenvalue weighted by Crippen LogP contribution is 2.38. The van der Waals surface area contributed by atoms with Crippen LogP contribution in [0.5, 0.6) is 5.75 Å². The van der Waals surface area contributed by atoms with Crippen molar-refractivity contribution in [2.24, 2.45) is 15.9 Å². The van der Waals surface area contributed by atoms with E-state index in [1.165, 1.54) is 12.1 Å². The van der Waals surface area contributed by atoms with Crippen molar-refractivity contribution in [3.05, 3.63) is 40.4 Å². The van der Waals surface area contributed by atoms with Crippen LogP contribution in [0.25, 0.3) is 0 Å². The minimum Gasteiger partial charge on any atom is -0.489 e. The maximum Gasteiger partial charge on any atom is 0.427 e. The Balaban J connectivity index is 1.53. The molecule has 1 aromatic heterocycles. The molecule has 2 aliphatic rings. The van der Waals surface area contributed by atoms with Crippen molar-refractivity contribution in [1.29, 1.82) is 0 Å². The van der Waals surface area contributed by atoms with Gasteiger partial charge in [0.1, 0.15) is 34.8 Å². The predicted molar refractivity (Wildman–Crippen MR) is 154 cm³/mol. The fourth-order valence-electron chi connectivity index (χ4n) is 4.37. The summed E-state index contributed by atoms with van der Waals surface area (Å²) in [5.74, 6) is -4.06. The quantitative estimate of drug-likeness (QED) is 0.0544. The molecule has 2 saturated heterocycles. The van der Waals surface area contributed by atoms with Gasteiger partial charge in [0.2, 0.25) is 0 Å². The van der Waals surface area contributed by atoms with Gasteiger partial charge in [0.15, 0.2) is 10.8 Å². The van der Waals surface area contributed by atoms with Gasteiger partial charge in [-0.2, -0.15) is 21.6 Å².